The normalized spacial score (nSPS) is 12.3. The minimum absolute atomic E-state index is 0.296. The Morgan fingerprint density at radius 1 is 1.00 bits per heavy atom. The third kappa shape index (κ3) is 4.38. The topological polar surface area (TPSA) is 12.0 Å². The molecule has 1 atom stereocenters. The zero-order valence-corrected chi connectivity index (χ0v) is 12.0. The van der Waals surface area contributed by atoms with Crippen LogP contribution in [0.1, 0.15) is 30.5 Å². The lowest BCUT2D eigenvalue weighted by molar-refractivity contribution is 0.558. The zero-order valence-electron chi connectivity index (χ0n) is 11.3. The summed E-state index contributed by atoms with van der Waals surface area (Å²) in [4.78, 5) is 0. The minimum atomic E-state index is 0.296. The SMILES string of the molecule is CC(NCCCc1ccccc1)c1ccccc1Cl. The number of hydrogen-bond acceptors (Lipinski definition) is 1. The molecular formula is C17H20ClN. The first kappa shape index (κ1) is 14.1. The Hall–Kier alpha value is -1.31. The maximum Gasteiger partial charge on any atom is 0.0453 e. The molecular weight excluding hydrogens is 254 g/mol. The molecule has 0 aliphatic rings. The predicted octanol–water partition coefficient (Wildman–Crippen LogP) is 4.62. The van der Waals surface area contributed by atoms with Gasteiger partial charge in [-0.3, -0.25) is 0 Å². The van der Waals surface area contributed by atoms with Crippen LogP contribution < -0.4 is 5.32 Å². The first-order valence-electron chi connectivity index (χ1n) is 6.79. The van der Waals surface area contributed by atoms with Gasteiger partial charge < -0.3 is 5.32 Å². The molecule has 2 rings (SSSR count). The van der Waals surface area contributed by atoms with Crippen molar-refractivity contribution < 1.29 is 0 Å². The van der Waals surface area contributed by atoms with E-state index in [0.29, 0.717) is 6.04 Å². The highest BCUT2D eigenvalue weighted by molar-refractivity contribution is 6.31. The molecule has 0 spiro atoms. The maximum atomic E-state index is 6.19. The van der Waals surface area contributed by atoms with Crippen molar-refractivity contribution in [2.45, 2.75) is 25.8 Å². The molecule has 0 aromatic heterocycles. The fraction of sp³-hybridized carbons (Fsp3) is 0.294. The van der Waals surface area contributed by atoms with Crippen LogP contribution in [0.15, 0.2) is 54.6 Å². The molecule has 0 bridgehead atoms. The molecule has 0 fully saturated rings. The fourth-order valence-electron chi connectivity index (χ4n) is 2.19. The Balaban J connectivity index is 1.76. The Morgan fingerprint density at radius 3 is 2.42 bits per heavy atom. The van der Waals surface area contributed by atoms with E-state index < -0.39 is 0 Å². The summed E-state index contributed by atoms with van der Waals surface area (Å²) in [5, 5.41) is 4.36. The first-order valence-corrected chi connectivity index (χ1v) is 7.17. The van der Waals surface area contributed by atoms with E-state index in [2.05, 4.69) is 48.6 Å². The molecule has 0 amide bonds. The highest BCUT2D eigenvalue weighted by atomic mass is 35.5. The van der Waals surface area contributed by atoms with Gasteiger partial charge in [-0.2, -0.15) is 0 Å². The van der Waals surface area contributed by atoms with E-state index in [-0.39, 0.29) is 0 Å². The van der Waals surface area contributed by atoms with E-state index in [1.165, 1.54) is 11.1 Å². The molecule has 1 unspecified atom stereocenters. The molecule has 100 valence electrons. The molecule has 2 heteroatoms. The summed E-state index contributed by atoms with van der Waals surface area (Å²) in [6, 6.07) is 18.9. The van der Waals surface area contributed by atoms with Crippen LogP contribution in [0.25, 0.3) is 0 Å². The smallest absolute Gasteiger partial charge is 0.0453 e. The van der Waals surface area contributed by atoms with Crippen molar-refractivity contribution >= 4 is 11.6 Å². The number of hydrogen-bond donors (Lipinski definition) is 1. The van der Waals surface area contributed by atoms with E-state index in [1.807, 2.05) is 18.2 Å². The van der Waals surface area contributed by atoms with Crippen LogP contribution in [-0.2, 0) is 6.42 Å². The average molecular weight is 274 g/mol. The number of halogens is 1. The van der Waals surface area contributed by atoms with Gasteiger partial charge in [0, 0.05) is 11.1 Å². The third-order valence-electron chi connectivity index (χ3n) is 3.31. The third-order valence-corrected chi connectivity index (χ3v) is 3.65. The Morgan fingerprint density at radius 2 is 1.68 bits per heavy atom. The van der Waals surface area contributed by atoms with Crippen LogP contribution in [0.3, 0.4) is 0 Å². The fourth-order valence-corrected chi connectivity index (χ4v) is 2.49. The quantitative estimate of drug-likeness (QED) is 0.757. The van der Waals surface area contributed by atoms with Gasteiger partial charge in [0.25, 0.3) is 0 Å². The zero-order chi connectivity index (χ0) is 13.5. The van der Waals surface area contributed by atoms with E-state index in [4.69, 9.17) is 11.6 Å². The summed E-state index contributed by atoms with van der Waals surface area (Å²) in [5.41, 5.74) is 2.57. The van der Waals surface area contributed by atoms with Gasteiger partial charge in [-0.15, -0.1) is 0 Å². The summed E-state index contributed by atoms with van der Waals surface area (Å²) in [6.45, 7) is 3.16. The molecule has 0 heterocycles. The molecule has 0 saturated carbocycles. The van der Waals surface area contributed by atoms with Gasteiger partial charge in [0.15, 0.2) is 0 Å². The molecule has 0 saturated heterocycles. The Labute approximate surface area is 120 Å². The van der Waals surface area contributed by atoms with Gasteiger partial charge in [0.1, 0.15) is 0 Å². The first-order chi connectivity index (χ1) is 9.27. The van der Waals surface area contributed by atoms with E-state index in [0.717, 1.165) is 24.4 Å². The van der Waals surface area contributed by atoms with Gasteiger partial charge >= 0.3 is 0 Å². The molecule has 0 aliphatic carbocycles. The molecule has 0 radical (unpaired) electrons. The molecule has 0 aliphatic heterocycles. The van der Waals surface area contributed by atoms with Crippen LogP contribution in [0.5, 0.6) is 0 Å². The molecule has 2 aromatic rings. The lowest BCUT2D eigenvalue weighted by Gasteiger charge is -2.15. The number of nitrogens with one attached hydrogen (secondary N) is 1. The molecule has 1 N–H and O–H groups in total. The largest absolute Gasteiger partial charge is 0.310 e. The maximum absolute atomic E-state index is 6.19. The molecule has 19 heavy (non-hydrogen) atoms. The minimum Gasteiger partial charge on any atom is -0.310 e. The monoisotopic (exact) mass is 273 g/mol. The number of aryl methyl sites for hydroxylation is 1. The van der Waals surface area contributed by atoms with Crippen molar-refractivity contribution in [1.82, 2.24) is 5.32 Å². The Kier molecular flexibility index (Phi) is 5.44. The van der Waals surface area contributed by atoms with Crippen molar-refractivity contribution in [1.29, 1.82) is 0 Å². The standard InChI is InChI=1S/C17H20ClN/c1-14(16-11-5-6-12-17(16)18)19-13-7-10-15-8-3-2-4-9-15/h2-6,8-9,11-12,14,19H,7,10,13H2,1H3. The highest BCUT2D eigenvalue weighted by Gasteiger charge is 2.07. The average Bonchev–Trinajstić information content (AvgIpc) is 2.45. The van der Waals surface area contributed by atoms with Gasteiger partial charge in [-0.1, -0.05) is 60.1 Å². The van der Waals surface area contributed by atoms with Crippen LogP contribution in [0, 0.1) is 0 Å². The van der Waals surface area contributed by atoms with E-state index >= 15 is 0 Å². The summed E-state index contributed by atoms with van der Waals surface area (Å²) >= 11 is 6.19. The van der Waals surface area contributed by atoms with E-state index in [9.17, 15) is 0 Å². The van der Waals surface area contributed by atoms with Crippen molar-refractivity contribution in [2.24, 2.45) is 0 Å². The summed E-state index contributed by atoms with van der Waals surface area (Å²) in [7, 11) is 0. The number of rotatable bonds is 6. The van der Waals surface area contributed by atoms with Crippen molar-refractivity contribution in [2.75, 3.05) is 6.54 Å². The van der Waals surface area contributed by atoms with Crippen molar-refractivity contribution in [3.63, 3.8) is 0 Å². The lowest BCUT2D eigenvalue weighted by Crippen LogP contribution is -2.20. The Bertz CT molecular complexity index is 496. The second-order valence-corrected chi connectivity index (χ2v) is 5.19. The summed E-state index contributed by atoms with van der Waals surface area (Å²) < 4.78 is 0. The van der Waals surface area contributed by atoms with Gasteiger partial charge in [0.2, 0.25) is 0 Å². The molecule has 2 aromatic carbocycles. The second-order valence-electron chi connectivity index (χ2n) is 4.79. The van der Waals surface area contributed by atoms with Gasteiger partial charge in [0.05, 0.1) is 0 Å². The summed E-state index contributed by atoms with van der Waals surface area (Å²) in [5.74, 6) is 0. The molecule has 1 nitrogen and oxygen atoms in total. The highest BCUT2D eigenvalue weighted by Crippen LogP contribution is 2.21. The van der Waals surface area contributed by atoms with Gasteiger partial charge in [-0.05, 0) is 43.5 Å². The number of benzene rings is 2. The van der Waals surface area contributed by atoms with Crippen LogP contribution in [-0.4, -0.2) is 6.54 Å². The van der Waals surface area contributed by atoms with E-state index in [1.54, 1.807) is 0 Å². The lowest BCUT2D eigenvalue weighted by atomic mass is 10.1. The van der Waals surface area contributed by atoms with Crippen LogP contribution in [0.2, 0.25) is 5.02 Å². The van der Waals surface area contributed by atoms with Crippen molar-refractivity contribution in [3.8, 4) is 0 Å². The predicted molar refractivity (Wildman–Crippen MR) is 82.6 cm³/mol. The van der Waals surface area contributed by atoms with Crippen LogP contribution in [0.4, 0.5) is 0 Å². The second kappa shape index (κ2) is 7.32. The summed E-state index contributed by atoms with van der Waals surface area (Å²) in [6.07, 6.45) is 2.25. The van der Waals surface area contributed by atoms with Crippen molar-refractivity contribution in [3.05, 3.63) is 70.7 Å². The van der Waals surface area contributed by atoms with Gasteiger partial charge in [-0.25, -0.2) is 0 Å². The van der Waals surface area contributed by atoms with Crippen LogP contribution >= 0.6 is 11.6 Å².